The van der Waals surface area contributed by atoms with Gasteiger partial charge in [0.15, 0.2) is 0 Å². The van der Waals surface area contributed by atoms with Crippen LogP contribution in [0, 0.1) is 0 Å². The van der Waals surface area contributed by atoms with E-state index in [0.29, 0.717) is 25.3 Å². The van der Waals surface area contributed by atoms with Crippen molar-refractivity contribution in [3.8, 4) is 0 Å². The van der Waals surface area contributed by atoms with Crippen LogP contribution in [0.5, 0.6) is 0 Å². The molecule has 1 aliphatic heterocycles. The van der Waals surface area contributed by atoms with Crippen LogP contribution in [0.1, 0.15) is 6.92 Å². The zero-order valence-electron chi connectivity index (χ0n) is 9.71. The Hall–Kier alpha value is -1.98. The molecule has 0 aromatic carbocycles. The van der Waals surface area contributed by atoms with Gasteiger partial charge in [-0.2, -0.15) is 0 Å². The number of aromatic nitrogens is 1. The van der Waals surface area contributed by atoms with Crippen LogP contribution in [0.2, 0.25) is 0 Å². The van der Waals surface area contributed by atoms with Crippen LogP contribution in [-0.4, -0.2) is 46.8 Å². The molecule has 0 aliphatic carbocycles. The third-order valence-electron chi connectivity index (χ3n) is 2.96. The first-order valence-corrected chi connectivity index (χ1v) is 5.54. The zero-order valence-corrected chi connectivity index (χ0v) is 9.71. The van der Waals surface area contributed by atoms with Crippen molar-refractivity contribution in [3.05, 3.63) is 18.3 Å². The van der Waals surface area contributed by atoms with Gasteiger partial charge in [0.05, 0.1) is 11.9 Å². The Kier molecular flexibility index (Phi) is 3.03. The normalized spacial score (nSPS) is 20.4. The lowest BCUT2D eigenvalue weighted by atomic mass is 10.2. The summed E-state index contributed by atoms with van der Waals surface area (Å²) in [6.45, 7) is 3.66. The molecule has 1 aromatic rings. The molecule has 2 heterocycles. The molecule has 92 valence electrons. The van der Waals surface area contributed by atoms with Crippen LogP contribution < -0.4 is 10.6 Å². The molecule has 17 heavy (non-hydrogen) atoms. The lowest BCUT2D eigenvalue weighted by Crippen LogP contribution is -2.53. The van der Waals surface area contributed by atoms with Gasteiger partial charge in [0.2, 0.25) is 0 Å². The fourth-order valence-corrected chi connectivity index (χ4v) is 2.04. The summed E-state index contributed by atoms with van der Waals surface area (Å²) in [7, 11) is 0. The molecule has 0 bridgehead atoms. The second kappa shape index (κ2) is 4.48. The molecule has 1 fully saturated rings. The van der Waals surface area contributed by atoms with Crippen molar-refractivity contribution in [2.45, 2.75) is 13.0 Å². The van der Waals surface area contributed by atoms with Crippen molar-refractivity contribution >= 4 is 17.6 Å². The van der Waals surface area contributed by atoms with Crippen LogP contribution in [0.3, 0.4) is 0 Å². The highest BCUT2D eigenvalue weighted by Crippen LogP contribution is 2.18. The molecule has 6 heteroatoms. The number of nitrogen functional groups attached to an aromatic ring is 1. The van der Waals surface area contributed by atoms with E-state index in [1.54, 1.807) is 12.3 Å². The molecule has 2 rings (SSSR count). The van der Waals surface area contributed by atoms with Crippen molar-refractivity contribution in [1.82, 2.24) is 9.88 Å². The lowest BCUT2D eigenvalue weighted by Gasteiger charge is -2.39. The number of nitrogens with zero attached hydrogens (tertiary/aromatic N) is 3. The number of carbonyl (C=O) groups is 1. The van der Waals surface area contributed by atoms with Gasteiger partial charge in [-0.15, -0.1) is 0 Å². The first-order valence-electron chi connectivity index (χ1n) is 5.54. The van der Waals surface area contributed by atoms with E-state index in [0.717, 1.165) is 5.82 Å². The van der Waals surface area contributed by atoms with Gasteiger partial charge < -0.3 is 20.6 Å². The Bertz CT molecular complexity index is 406. The Labute approximate surface area is 99.7 Å². The minimum atomic E-state index is -0.859. The number of piperazine rings is 1. The number of hydrogen-bond acceptors (Lipinski definition) is 4. The van der Waals surface area contributed by atoms with Gasteiger partial charge in [0.25, 0.3) is 0 Å². The quantitative estimate of drug-likeness (QED) is 0.755. The van der Waals surface area contributed by atoms with Gasteiger partial charge in [-0.05, 0) is 19.1 Å². The maximum absolute atomic E-state index is 10.9. The molecule has 1 amide bonds. The summed E-state index contributed by atoms with van der Waals surface area (Å²) in [5.74, 6) is 0.844. The van der Waals surface area contributed by atoms with Gasteiger partial charge in [-0.3, -0.25) is 0 Å². The van der Waals surface area contributed by atoms with E-state index in [4.69, 9.17) is 10.8 Å². The van der Waals surface area contributed by atoms with Gasteiger partial charge in [0, 0.05) is 25.7 Å². The maximum atomic E-state index is 10.9. The van der Waals surface area contributed by atoms with Crippen LogP contribution in [0.25, 0.3) is 0 Å². The summed E-state index contributed by atoms with van der Waals surface area (Å²) in [4.78, 5) is 18.6. The highest BCUT2D eigenvalue weighted by molar-refractivity contribution is 5.65. The predicted octanol–water partition coefficient (Wildman–Crippen LogP) is 0.852. The largest absolute Gasteiger partial charge is 0.465 e. The summed E-state index contributed by atoms with van der Waals surface area (Å²) >= 11 is 0. The van der Waals surface area contributed by atoms with E-state index < -0.39 is 6.09 Å². The molecule has 1 saturated heterocycles. The molecule has 0 radical (unpaired) electrons. The molecule has 0 saturated carbocycles. The standard InChI is InChI=1S/C11H16N4O2/c1-8-7-14(11(16)17)4-5-15(8)10-3-2-9(12)6-13-10/h2-3,6,8H,4-5,7,12H2,1H3,(H,16,17)/t8-/m1/s1. The van der Waals surface area contributed by atoms with Crippen LogP contribution in [0.4, 0.5) is 16.3 Å². The number of carboxylic acid groups (broad SMARTS) is 1. The van der Waals surface area contributed by atoms with Crippen LogP contribution in [0.15, 0.2) is 18.3 Å². The van der Waals surface area contributed by atoms with Crippen molar-refractivity contribution in [1.29, 1.82) is 0 Å². The van der Waals surface area contributed by atoms with E-state index in [9.17, 15) is 4.79 Å². The van der Waals surface area contributed by atoms with E-state index in [1.807, 2.05) is 13.0 Å². The zero-order chi connectivity index (χ0) is 12.4. The minimum Gasteiger partial charge on any atom is -0.465 e. The third kappa shape index (κ3) is 2.41. The third-order valence-corrected chi connectivity index (χ3v) is 2.96. The highest BCUT2D eigenvalue weighted by Gasteiger charge is 2.26. The van der Waals surface area contributed by atoms with Gasteiger partial charge in [-0.1, -0.05) is 0 Å². The first kappa shape index (κ1) is 11.5. The van der Waals surface area contributed by atoms with Crippen molar-refractivity contribution in [2.75, 3.05) is 30.3 Å². The fraction of sp³-hybridized carbons (Fsp3) is 0.455. The molecular formula is C11H16N4O2. The maximum Gasteiger partial charge on any atom is 0.407 e. The molecule has 6 nitrogen and oxygen atoms in total. The molecule has 1 aliphatic rings. The number of amides is 1. The van der Waals surface area contributed by atoms with E-state index in [1.165, 1.54) is 4.90 Å². The summed E-state index contributed by atoms with van der Waals surface area (Å²) < 4.78 is 0. The summed E-state index contributed by atoms with van der Waals surface area (Å²) in [5, 5.41) is 8.92. The fourth-order valence-electron chi connectivity index (χ4n) is 2.04. The Morgan fingerprint density at radius 2 is 2.29 bits per heavy atom. The van der Waals surface area contributed by atoms with Crippen molar-refractivity contribution < 1.29 is 9.90 Å². The molecule has 0 unspecified atom stereocenters. The SMILES string of the molecule is C[C@@H]1CN(C(=O)O)CCN1c1ccc(N)cn1. The van der Waals surface area contributed by atoms with Crippen molar-refractivity contribution in [2.24, 2.45) is 0 Å². The van der Waals surface area contributed by atoms with Crippen molar-refractivity contribution in [3.63, 3.8) is 0 Å². The number of pyridine rings is 1. The van der Waals surface area contributed by atoms with Crippen LogP contribution >= 0.6 is 0 Å². The lowest BCUT2D eigenvalue weighted by molar-refractivity contribution is 0.136. The average molecular weight is 236 g/mol. The smallest absolute Gasteiger partial charge is 0.407 e. The molecule has 1 atom stereocenters. The molecule has 3 N–H and O–H groups in total. The van der Waals surface area contributed by atoms with Gasteiger partial charge >= 0.3 is 6.09 Å². The first-order chi connectivity index (χ1) is 8.08. The second-order valence-corrected chi connectivity index (χ2v) is 4.22. The predicted molar refractivity (Wildman–Crippen MR) is 65.1 cm³/mol. The highest BCUT2D eigenvalue weighted by atomic mass is 16.4. The molecule has 1 aromatic heterocycles. The minimum absolute atomic E-state index is 0.121. The molecule has 0 spiro atoms. The monoisotopic (exact) mass is 236 g/mol. The summed E-state index contributed by atoms with van der Waals surface area (Å²) in [5.41, 5.74) is 6.22. The van der Waals surface area contributed by atoms with Gasteiger partial charge in [-0.25, -0.2) is 9.78 Å². The summed E-state index contributed by atoms with van der Waals surface area (Å²) in [6.07, 6.45) is 0.757. The van der Waals surface area contributed by atoms with Gasteiger partial charge in [0.1, 0.15) is 5.82 Å². The topological polar surface area (TPSA) is 82.7 Å². The number of anilines is 2. The van der Waals surface area contributed by atoms with E-state index in [2.05, 4.69) is 9.88 Å². The number of hydrogen-bond donors (Lipinski definition) is 2. The van der Waals surface area contributed by atoms with Crippen LogP contribution in [-0.2, 0) is 0 Å². The van der Waals surface area contributed by atoms with E-state index in [-0.39, 0.29) is 6.04 Å². The molecular weight excluding hydrogens is 220 g/mol. The van der Waals surface area contributed by atoms with E-state index >= 15 is 0 Å². The average Bonchev–Trinajstić information content (AvgIpc) is 2.30. The number of nitrogens with two attached hydrogens (primary N) is 1. The summed E-state index contributed by atoms with van der Waals surface area (Å²) in [6, 6.07) is 3.79. The Morgan fingerprint density at radius 1 is 1.53 bits per heavy atom. The Balaban J connectivity index is 2.09. The Morgan fingerprint density at radius 3 is 2.82 bits per heavy atom. The second-order valence-electron chi connectivity index (χ2n) is 4.22. The number of rotatable bonds is 1.